The highest BCUT2D eigenvalue weighted by Gasteiger charge is 2.36. The summed E-state index contributed by atoms with van der Waals surface area (Å²) in [5.41, 5.74) is 0.245. The summed E-state index contributed by atoms with van der Waals surface area (Å²) in [6.07, 6.45) is 2.40. The molecule has 0 bridgehead atoms. The molecule has 2 heterocycles. The highest BCUT2D eigenvalue weighted by Crippen LogP contribution is 2.33. The smallest absolute Gasteiger partial charge is 0.294 e. The number of nitrogens with zero attached hydrogens (tertiary/aromatic N) is 1. The first-order valence-corrected chi connectivity index (χ1v) is 11.3. The summed E-state index contributed by atoms with van der Waals surface area (Å²) >= 11 is 16.0. The number of carbonyl (C=O) groups is 3. The van der Waals surface area contributed by atoms with Crippen molar-refractivity contribution in [1.82, 2.24) is 4.90 Å². The SMILES string of the molecule is O=C(CN1C(=O)S/C(=C\c2coc3c(Cl)cc(Cl)cc3c2=O)C1=O)Nc1ccccc1Br. The molecule has 1 aliphatic rings. The molecule has 32 heavy (non-hydrogen) atoms. The van der Waals surface area contributed by atoms with Crippen LogP contribution in [0.25, 0.3) is 17.0 Å². The van der Waals surface area contributed by atoms with E-state index in [0.29, 0.717) is 21.9 Å². The number of carbonyl (C=O) groups excluding carboxylic acids is 3. The number of hydrogen-bond acceptors (Lipinski definition) is 6. The Labute approximate surface area is 203 Å². The van der Waals surface area contributed by atoms with Crippen molar-refractivity contribution in [2.24, 2.45) is 0 Å². The maximum Gasteiger partial charge on any atom is 0.294 e. The van der Waals surface area contributed by atoms with Gasteiger partial charge in [-0.25, -0.2) is 0 Å². The molecule has 0 radical (unpaired) electrons. The first kappa shape index (κ1) is 22.6. The molecule has 4 rings (SSSR count). The van der Waals surface area contributed by atoms with E-state index in [1.807, 2.05) is 0 Å². The van der Waals surface area contributed by atoms with Crippen LogP contribution < -0.4 is 10.7 Å². The van der Waals surface area contributed by atoms with Gasteiger partial charge < -0.3 is 9.73 Å². The topological polar surface area (TPSA) is 96.7 Å². The van der Waals surface area contributed by atoms with Crippen molar-refractivity contribution in [3.63, 3.8) is 0 Å². The molecular weight excluding hydrogens is 543 g/mol. The lowest BCUT2D eigenvalue weighted by atomic mass is 10.1. The number of hydrogen-bond donors (Lipinski definition) is 1. The monoisotopic (exact) mass is 552 g/mol. The molecule has 1 saturated heterocycles. The number of fused-ring (bicyclic) bond motifs is 1. The summed E-state index contributed by atoms with van der Waals surface area (Å²) in [5.74, 6) is -1.24. The molecule has 3 aromatic rings. The fraction of sp³-hybridized carbons (Fsp3) is 0.0476. The Morgan fingerprint density at radius 1 is 1.19 bits per heavy atom. The minimum atomic E-state index is -0.689. The van der Waals surface area contributed by atoms with Gasteiger partial charge in [-0.05, 0) is 58.0 Å². The van der Waals surface area contributed by atoms with E-state index in [-0.39, 0.29) is 31.5 Å². The lowest BCUT2D eigenvalue weighted by Crippen LogP contribution is -2.36. The van der Waals surface area contributed by atoms with Crippen LogP contribution in [0.1, 0.15) is 5.56 Å². The molecule has 162 valence electrons. The van der Waals surface area contributed by atoms with Crippen LogP contribution in [0.5, 0.6) is 0 Å². The maximum absolute atomic E-state index is 12.8. The number of nitrogens with one attached hydrogen (secondary N) is 1. The van der Waals surface area contributed by atoms with E-state index in [1.54, 1.807) is 24.3 Å². The lowest BCUT2D eigenvalue weighted by Gasteiger charge is -2.13. The van der Waals surface area contributed by atoms with E-state index in [2.05, 4.69) is 21.2 Å². The van der Waals surface area contributed by atoms with Gasteiger partial charge in [-0.15, -0.1) is 0 Å². The zero-order valence-corrected chi connectivity index (χ0v) is 19.8. The number of rotatable bonds is 4. The van der Waals surface area contributed by atoms with Gasteiger partial charge in [-0.1, -0.05) is 35.3 Å². The van der Waals surface area contributed by atoms with E-state index in [4.69, 9.17) is 27.6 Å². The van der Waals surface area contributed by atoms with Crippen LogP contribution in [-0.4, -0.2) is 28.5 Å². The van der Waals surface area contributed by atoms with E-state index in [0.717, 1.165) is 11.2 Å². The van der Waals surface area contributed by atoms with Crippen LogP contribution >= 0.6 is 50.9 Å². The highest BCUT2D eigenvalue weighted by atomic mass is 79.9. The quantitative estimate of drug-likeness (QED) is 0.426. The summed E-state index contributed by atoms with van der Waals surface area (Å²) in [4.78, 5) is 51.0. The second-order valence-corrected chi connectivity index (χ2v) is 9.27. The Balaban J connectivity index is 1.57. The predicted molar refractivity (Wildman–Crippen MR) is 128 cm³/mol. The average molecular weight is 554 g/mol. The Morgan fingerprint density at radius 2 is 1.94 bits per heavy atom. The number of benzene rings is 2. The maximum atomic E-state index is 12.8. The van der Waals surface area contributed by atoms with Gasteiger partial charge in [0.1, 0.15) is 12.8 Å². The zero-order chi connectivity index (χ0) is 23.0. The molecule has 3 amide bonds. The van der Waals surface area contributed by atoms with Crippen LogP contribution in [0, 0.1) is 0 Å². The first-order chi connectivity index (χ1) is 15.2. The summed E-state index contributed by atoms with van der Waals surface area (Å²) in [6.45, 7) is -0.471. The van der Waals surface area contributed by atoms with Crippen molar-refractivity contribution in [3.8, 4) is 0 Å². The molecule has 7 nitrogen and oxygen atoms in total. The van der Waals surface area contributed by atoms with Gasteiger partial charge in [0.15, 0.2) is 11.0 Å². The molecule has 0 saturated carbocycles. The third kappa shape index (κ3) is 4.47. The summed E-state index contributed by atoms with van der Waals surface area (Å²) in [5, 5.41) is 2.58. The fourth-order valence-electron chi connectivity index (χ4n) is 2.95. The van der Waals surface area contributed by atoms with Crippen molar-refractivity contribution in [2.45, 2.75) is 0 Å². The largest absolute Gasteiger partial charge is 0.462 e. The van der Waals surface area contributed by atoms with Gasteiger partial charge in [0.2, 0.25) is 5.91 Å². The zero-order valence-electron chi connectivity index (χ0n) is 15.9. The molecule has 0 aliphatic carbocycles. The van der Waals surface area contributed by atoms with Crippen molar-refractivity contribution in [3.05, 3.63) is 77.9 Å². The second kappa shape index (κ2) is 9.11. The second-order valence-electron chi connectivity index (χ2n) is 6.58. The van der Waals surface area contributed by atoms with Crippen molar-refractivity contribution >= 4 is 90.7 Å². The van der Waals surface area contributed by atoms with E-state index in [9.17, 15) is 19.2 Å². The van der Waals surface area contributed by atoms with Gasteiger partial charge >= 0.3 is 0 Å². The number of para-hydroxylation sites is 1. The van der Waals surface area contributed by atoms with Crippen LogP contribution in [0.15, 0.2) is 61.3 Å². The summed E-state index contributed by atoms with van der Waals surface area (Å²) < 4.78 is 6.09. The third-order valence-electron chi connectivity index (χ3n) is 4.43. The van der Waals surface area contributed by atoms with Gasteiger partial charge in [-0.3, -0.25) is 24.1 Å². The van der Waals surface area contributed by atoms with E-state index >= 15 is 0 Å². The standard InChI is InChI=1S/C21H11BrCl2N2O5S/c22-13-3-1-2-4-15(13)25-17(27)8-26-20(29)16(32-21(26)30)5-10-9-31-19-12(18(10)28)6-11(23)7-14(19)24/h1-7,9H,8H2,(H,25,27)/b16-5-. The van der Waals surface area contributed by atoms with Gasteiger partial charge in [0.05, 0.1) is 26.6 Å². The number of amides is 3. The number of imide groups is 1. The van der Waals surface area contributed by atoms with Crippen molar-refractivity contribution in [2.75, 3.05) is 11.9 Å². The minimum Gasteiger partial charge on any atom is -0.462 e. The lowest BCUT2D eigenvalue weighted by molar-refractivity contribution is -0.127. The molecule has 1 fully saturated rings. The predicted octanol–water partition coefficient (Wildman–Crippen LogP) is 5.54. The molecule has 1 aromatic heterocycles. The fourth-order valence-corrected chi connectivity index (χ4v) is 4.70. The van der Waals surface area contributed by atoms with Crippen LogP contribution in [0.3, 0.4) is 0 Å². The number of anilines is 1. The molecule has 2 aromatic carbocycles. The molecule has 0 unspecified atom stereocenters. The van der Waals surface area contributed by atoms with Crippen molar-refractivity contribution < 1.29 is 18.8 Å². The number of thioether (sulfide) groups is 1. The van der Waals surface area contributed by atoms with Gasteiger partial charge in [-0.2, -0.15) is 0 Å². The molecular formula is C21H11BrCl2N2O5S. The van der Waals surface area contributed by atoms with Crippen LogP contribution in [-0.2, 0) is 9.59 Å². The first-order valence-electron chi connectivity index (χ1n) is 8.95. The van der Waals surface area contributed by atoms with Gasteiger partial charge in [0.25, 0.3) is 11.1 Å². The Kier molecular flexibility index (Phi) is 6.43. The molecule has 0 spiro atoms. The summed E-state index contributed by atoms with van der Waals surface area (Å²) in [7, 11) is 0. The van der Waals surface area contributed by atoms with E-state index in [1.165, 1.54) is 18.2 Å². The minimum absolute atomic E-state index is 0.0107. The molecule has 1 N–H and O–H groups in total. The summed E-state index contributed by atoms with van der Waals surface area (Å²) in [6, 6.07) is 9.79. The molecule has 0 atom stereocenters. The highest BCUT2D eigenvalue weighted by molar-refractivity contribution is 9.10. The Hall–Kier alpha value is -2.59. The van der Waals surface area contributed by atoms with Crippen LogP contribution in [0.4, 0.5) is 10.5 Å². The number of halogens is 3. The average Bonchev–Trinajstić information content (AvgIpc) is 2.99. The van der Waals surface area contributed by atoms with Crippen molar-refractivity contribution in [1.29, 1.82) is 0 Å². The normalized spacial score (nSPS) is 15.1. The van der Waals surface area contributed by atoms with E-state index < -0.39 is 29.0 Å². The third-order valence-corrected chi connectivity index (χ3v) is 6.53. The Morgan fingerprint density at radius 3 is 2.69 bits per heavy atom. The van der Waals surface area contributed by atoms with Gasteiger partial charge in [0, 0.05) is 9.50 Å². The molecule has 1 aliphatic heterocycles. The Bertz CT molecular complexity index is 1390. The molecule has 11 heteroatoms. The van der Waals surface area contributed by atoms with Crippen LogP contribution in [0.2, 0.25) is 10.0 Å².